The van der Waals surface area contributed by atoms with E-state index in [4.69, 9.17) is 9.47 Å². The number of hydrogen-bond acceptors (Lipinski definition) is 4. The zero-order valence-electron chi connectivity index (χ0n) is 11.4. The number of ether oxygens (including phenoxy) is 2. The first-order valence-corrected chi connectivity index (χ1v) is 7.68. The fraction of sp³-hybridized carbons (Fsp3) is 0.533. The Bertz CT molecular complexity index is 534. The summed E-state index contributed by atoms with van der Waals surface area (Å²) < 4.78 is 24.1. The van der Waals surface area contributed by atoms with E-state index in [0.717, 1.165) is 10.5 Å². The number of fused-ring (bicyclic) bond motifs is 1. The van der Waals surface area contributed by atoms with E-state index < -0.39 is 10.9 Å². The van der Waals surface area contributed by atoms with Crippen LogP contribution in [0.25, 0.3) is 0 Å². The van der Waals surface area contributed by atoms with Crippen LogP contribution in [0.1, 0.15) is 29.3 Å². The van der Waals surface area contributed by atoms with Gasteiger partial charge in [-0.2, -0.15) is 0 Å². The minimum absolute atomic E-state index is 0.149. The quantitative estimate of drug-likeness (QED) is 0.786. The molecule has 2 aliphatic rings. The lowest BCUT2D eigenvalue weighted by Gasteiger charge is -2.35. The van der Waals surface area contributed by atoms with Crippen molar-refractivity contribution in [1.29, 1.82) is 0 Å². The van der Waals surface area contributed by atoms with Gasteiger partial charge < -0.3 is 9.47 Å². The smallest absolute Gasteiger partial charge is 0.339 e. The van der Waals surface area contributed by atoms with E-state index in [2.05, 4.69) is 0 Å². The minimum atomic E-state index is -0.997. The number of esters is 1. The molecule has 0 radical (unpaired) electrons. The summed E-state index contributed by atoms with van der Waals surface area (Å²) in [4.78, 5) is 12.9. The summed E-state index contributed by atoms with van der Waals surface area (Å²) in [6, 6.07) is 5.58. The van der Waals surface area contributed by atoms with Crippen LogP contribution in [-0.2, 0) is 15.9 Å². The van der Waals surface area contributed by atoms with Crippen LogP contribution >= 0.6 is 11.8 Å². The summed E-state index contributed by atoms with van der Waals surface area (Å²) in [7, 11) is 0. The summed E-state index contributed by atoms with van der Waals surface area (Å²) in [6.45, 7) is 2.86. The van der Waals surface area contributed by atoms with E-state index in [1.54, 1.807) is 13.0 Å². The lowest BCUT2D eigenvalue weighted by atomic mass is 9.90. The molecule has 0 bridgehead atoms. The number of halogens is 1. The molecule has 2 unspecified atom stereocenters. The second kappa shape index (κ2) is 5.37. The number of thioether (sulfide) groups is 1. The maximum absolute atomic E-state index is 14.3. The molecule has 3 rings (SSSR count). The molecule has 1 aromatic carbocycles. The van der Waals surface area contributed by atoms with Crippen LogP contribution in [0.15, 0.2) is 23.1 Å². The molecule has 0 N–H and O–H groups in total. The van der Waals surface area contributed by atoms with E-state index in [9.17, 15) is 9.18 Å². The van der Waals surface area contributed by atoms with Crippen molar-refractivity contribution in [2.75, 3.05) is 19.8 Å². The topological polar surface area (TPSA) is 35.5 Å². The summed E-state index contributed by atoms with van der Waals surface area (Å²) in [5.41, 5.74) is 1.61. The summed E-state index contributed by atoms with van der Waals surface area (Å²) in [5, 5.41) is 0. The number of benzene rings is 1. The second-order valence-corrected chi connectivity index (χ2v) is 6.58. The Balaban J connectivity index is 1.93. The Hall–Kier alpha value is -1.07. The van der Waals surface area contributed by atoms with Crippen LogP contribution in [0, 0.1) is 0 Å². The average molecular weight is 296 g/mol. The largest absolute Gasteiger partial charge is 0.462 e. The van der Waals surface area contributed by atoms with Crippen molar-refractivity contribution in [2.45, 2.75) is 35.6 Å². The van der Waals surface area contributed by atoms with Crippen molar-refractivity contribution >= 4 is 17.7 Å². The van der Waals surface area contributed by atoms with Gasteiger partial charge in [0.05, 0.1) is 23.5 Å². The highest BCUT2D eigenvalue weighted by molar-refractivity contribution is 8.01. The normalized spacial score (nSPS) is 28.4. The average Bonchev–Trinajstić information content (AvgIpc) is 2.81. The van der Waals surface area contributed by atoms with Crippen molar-refractivity contribution in [2.24, 2.45) is 0 Å². The Morgan fingerprint density at radius 1 is 1.60 bits per heavy atom. The van der Waals surface area contributed by atoms with Crippen molar-refractivity contribution in [3.63, 3.8) is 0 Å². The molecular formula is C15H17FO3S. The highest BCUT2D eigenvalue weighted by Crippen LogP contribution is 2.52. The van der Waals surface area contributed by atoms with Crippen LogP contribution in [0.5, 0.6) is 0 Å². The first-order chi connectivity index (χ1) is 9.66. The Labute approximate surface area is 121 Å². The van der Waals surface area contributed by atoms with Crippen molar-refractivity contribution in [1.82, 2.24) is 0 Å². The summed E-state index contributed by atoms with van der Waals surface area (Å²) >= 11 is 1.49. The molecule has 108 valence electrons. The molecule has 1 spiro atoms. The van der Waals surface area contributed by atoms with Gasteiger partial charge in [0.1, 0.15) is 6.17 Å². The molecule has 1 fully saturated rings. The minimum Gasteiger partial charge on any atom is -0.462 e. The standard InChI is InChI=1S/C15H17FO3S/c1-2-19-14(17)11-5-3-4-10-8-15(20-13(10)11)6-7-18-9-12(15)16/h3-5,12H,2,6-9H2,1H3. The lowest BCUT2D eigenvalue weighted by Crippen LogP contribution is -2.44. The summed E-state index contributed by atoms with van der Waals surface area (Å²) in [6.07, 6.45) is 0.337. The molecule has 2 aliphatic heterocycles. The number of alkyl halides is 1. The molecule has 0 aliphatic carbocycles. The Kier molecular flexibility index (Phi) is 3.73. The number of rotatable bonds is 2. The van der Waals surface area contributed by atoms with Crippen molar-refractivity contribution in [3.8, 4) is 0 Å². The fourth-order valence-corrected chi connectivity index (χ4v) is 4.38. The third-order valence-corrected chi connectivity index (χ3v) is 5.59. The molecule has 3 nitrogen and oxygen atoms in total. The highest BCUT2D eigenvalue weighted by atomic mass is 32.2. The summed E-state index contributed by atoms with van der Waals surface area (Å²) in [5.74, 6) is -0.323. The van der Waals surface area contributed by atoms with E-state index in [1.165, 1.54) is 11.8 Å². The van der Waals surface area contributed by atoms with Gasteiger partial charge in [-0.15, -0.1) is 11.8 Å². The van der Waals surface area contributed by atoms with E-state index in [1.807, 2.05) is 12.1 Å². The van der Waals surface area contributed by atoms with Crippen molar-refractivity contribution in [3.05, 3.63) is 29.3 Å². The van der Waals surface area contributed by atoms with Gasteiger partial charge in [0.15, 0.2) is 0 Å². The van der Waals surface area contributed by atoms with Crippen LogP contribution < -0.4 is 0 Å². The monoisotopic (exact) mass is 296 g/mol. The Morgan fingerprint density at radius 2 is 2.45 bits per heavy atom. The second-order valence-electron chi connectivity index (χ2n) is 5.15. The highest BCUT2D eigenvalue weighted by Gasteiger charge is 2.48. The molecule has 1 saturated heterocycles. The third-order valence-electron chi connectivity index (χ3n) is 3.89. The van der Waals surface area contributed by atoms with Gasteiger partial charge in [0.25, 0.3) is 0 Å². The van der Waals surface area contributed by atoms with E-state index in [-0.39, 0.29) is 12.6 Å². The zero-order chi connectivity index (χ0) is 14.2. The van der Waals surface area contributed by atoms with Gasteiger partial charge in [-0.1, -0.05) is 12.1 Å². The molecule has 0 amide bonds. The molecule has 1 aromatic rings. The molecular weight excluding hydrogens is 279 g/mol. The molecule has 5 heteroatoms. The predicted molar refractivity (Wildman–Crippen MR) is 75.0 cm³/mol. The van der Waals surface area contributed by atoms with Gasteiger partial charge in [-0.3, -0.25) is 0 Å². The SMILES string of the molecule is CCOC(=O)c1cccc2c1SC1(CCOCC1F)C2. The van der Waals surface area contributed by atoms with Crippen LogP contribution in [-0.4, -0.2) is 36.7 Å². The molecule has 20 heavy (non-hydrogen) atoms. The zero-order valence-corrected chi connectivity index (χ0v) is 12.2. The number of carbonyl (C=O) groups is 1. The molecule has 2 heterocycles. The van der Waals surface area contributed by atoms with E-state index >= 15 is 0 Å². The number of carbonyl (C=O) groups excluding carboxylic acids is 1. The van der Waals surface area contributed by atoms with E-state index in [0.29, 0.717) is 31.6 Å². The molecule has 0 saturated carbocycles. The Morgan fingerprint density at radius 3 is 3.20 bits per heavy atom. The van der Waals surface area contributed by atoms with Crippen molar-refractivity contribution < 1.29 is 18.7 Å². The van der Waals surface area contributed by atoms with Crippen LogP contribution in [0.3, 0.4) is 0 Å². The van der Waals surface area contributed by atoms with Crippen LogP contribution in [0.2, 0.25) is 0 Å². The van der Waals surface area contributed by atoms with Gasteiger partial charge in [0, 0.05) is 11.5 Å². The van der Waals surface area contributed by atoms with Gasteiger partial charge >= 0.3 is 5.97 Å². The van der Waals surface area contributed by atoms with Gasteiger partial charge in [-0.25, -0.2) is 9.18 Å². The lowest BCUT2D eigenvalue weighted by molar-refractivity contribution is 0.0133. The first-order valence-electron chi connectivity index (χ1n) is 6.86. The fourth-order valence-electron chi connectivity index (χ4n) is 2.83. The van der Waals surface area contributed by atoms with Gasteiger partial charge in [-0.05, 0) is 31.4 Å². The maximum atomic E-state index is 14.3. The third kappa shape index (κ3) is 2.23. The molecule has 2 atom stereocenters. The number of hydrogen-bond donors (Lipinski definition) is 0. The molecule has 0 aromatic heterocycles. The predicted octanol–water partition coefficient (Wildman–Crippen LogP) is 3.01. The van der Waals surface area contributed by atoms with Gasteiger partial charge in [0.2, 0.25) is 0 Å². The maximum Gasteiger partial charge on any atom is 0.339 e. The first kappa shape index (κ1) is 13.9. The van der Waals surface area contributed by atoms with Crippen LogP contribution in [0.4, 0.5) is 4.39 Å².